The lowest BCUT2D eigenvalue weighted by molar-refractivity contribution is 0.163. The third-order valence-electron chi connectivity index (χ3n) is 2.92. The molecular weight excluding hydrogens is 282 g/mol. The van der Waals surface area contributed by atoms with Crippen molar-refractivity contribution in [3.05, 3.63) is 15.9 Å². The van der Waals surface area contributed by atoms with Gasteiger partial charge in [-0.1, -0.05) is 13.8 Å². The van der Waals surface area contributed by atoms with Crippen LogP contribution in [0.25, 0.3) is 0 Å². The zero-order chi connectivity index (χ0) is 12.8. The predicted molar refractivity (Wildman–Crippen MR) is 73.1 cm³/mol. The molecule has 1 N–H and O–H groups in total. The maximum absolute atomic E-state index is 5.17. The van der Waals surface area contributed by atoms with E-state index in [0.29, 0.717) is 6.04 Å². The molecule has 0 aliphatic rings. The van der Waals surface area contributed by atoms with Crippen molar-refractivity contribution in [1.82, 2.24) is 15.1 Å². The highest BCUT2D eigenvalue weighted by Crippen LogP contribution is 2.21. The Morgan fingerprint density at radius 1 is 1.47 bits per heavy atom. The Labute approximate surface area is 112 Å². The lowest BCUT2D eigenvalue weighted by atomic mass is 10.2. The minimum atomic E-state index is 0.395. The van der Waals surface area contributed by atoms with E-state index in [1.54, 1.807) is 7.11 Å². The summed E-state index contributed by atoms with van der Waals surface area (Å²) in [7, 11) is 3.72. The summed E-state index contributed by atoms with van der Waals surface area (Å²) >= 11 is 3.62. The second kappa shape index (κ2) is 7.13. The van der Waals surface area contributed by atoms with Gasteiger partial charge in [0.15, 0.2) is 0 Å². The summed E-state index contributed by atoms with van der Waals surface area (Å²) in [6.07, 6.45) is 2.01. The molecule has 5 heteroatoms. The van der Waals surface area contributed by atoms with Crippen LogP contribution < -0.4 is 5.32 Å². The molecule has 1 heterocycles. The number of aryl methyl sites for hydroxylation is 2. The highest BCUT2D eigenvalue weighted by atomic mass is 79.9. The lowest BCUT2D eigenvalue weighted by Gasteiger charge is -2.16. The van der Waals surface area contributed by atoms with Crippen molar-refractivity contribution >= 4 is 15.9 Å². The summed E-state index contributed by atoms with van der Waals surface area (Å²) in [5, 5.41) is 7.97. The van der Waals surface area contributed by atoms with Gasteiger partial charge in [0, 0.05) is 26.7 Å². The van der Waals surface area contributed by atoms with Crippen molar-refractivity contribution in [2.75, 3.05) is 13.7 Å². The highest BCUT2D eigenvalue weighted by molar-refractivity contribution is 9.10. The van der Waals surface area contributed by atoms with Crippen molar-refractivity contribution in [2.24, 2.45) is 7.05 Å². The fourth-order valence-corrected chi connectivity index (χ4v) is 2.53. The topological polar surface area (TPSA) is 39.1 Å². The zero-order valence-electron chi connectivity index (χ0n) is 11.1. The summed E-state index contributed by atoms with van der Waals surface area (Å²) < 4.78 is 8.24. The highest BCUT2D eigenvalue weighted by Gasteiger charge is 2.13. The second-order valence-corrected chi connectivity index (χ2v) is 4.92. The van der Waals surface area contributed by atoms with E-state index in [-0.39, 0.29) is 0 Å². The molecule has 0 fully saturated rings. The molecule has 1 aromatic rings. The molecule has 1 rings (SSSR count). The van der Waals surface area contributed by atoms with E-state index < -0.39 is 0 Å². The number of ether oxygens (including phenoxy) is 1. The quantitative estimate of drug-likeness (QED) is 0.840. The Bertz CT molecular complexity index is 352. The Morgan fingerprint density at radius 3 is 2.65 bits per heavy atom. The number of methoxy groups -OCH3 is 1. The van der Waals surface area contributed by atoms with E-state index in [1.807, 2.05) is 11.7 Å². The summed E-state index contributed by atoms with van der Waals surface area (Å²) in [5.74, 6) is 0. The summed E-state index contributed by atoms with van der Waals surface area (Å²) in [6.45, 7) is 5.83. The molecule has 0 saturated heterocycles. The predicted octanol–water partition coefficient (Wildman–Crippen LogP) is 2.26. The molecule has 0 aliphatic carbocycles. The number of hydrogen-bond acceptors (Lipinski definition) is 3. The molecule has 1 atom stereocenters. The van der Waals surface area contributed by atoms with Gasteiger partial charge in [-0.25, -0.2) is 0 Å². The average Bonchev–Trinajstić information content (AvgIpc) is 2.60. The zero-order valence-corrected chi connectivity index (χ0v) is 12.7. The van der Waals surface area contributed by atoms with Crippen LogP contribution in [-0.2, 0) is 24.8 Å². The maximum Gasteiger partial charge on any atom is 0.0767 e. The smallest absolute Gasteiger partial charge is 0.0767 e. The number of aromatic nitrogens is 2. The molecule has 0 saturated carbocycles. The number of hydrogen-bond donors (Lipinski definition) is 1. The number of nitrogens with zero attached hydrogens (tertiary/aromatic N) is 2. The van der Waals surface area contributed by atoms with Crippen LogP contribution >= 0.6 is 15.9 Å². The molecule has 1 unspecified atom stereocenters. The monoisotopic (exact) mass is 303 g/mol. The van der Waals surface area contributed by atoms with Crippen molar-refractivity contribution in [3.63, 3.8) is 0 Å². The van der Waals surface area contributed by atoms with E-state index in [1.165, 1.54) is 5.69 Å². The third kappa shape index (κ3) is 3.79. The van der Waals surface area contributed by atoms with Crippen LogP contribution in [0.15, 0.2) is 4.47 Å². The van der Waals surface area contributed by atoms with Crippen LogP contribution in [0.3, 0.4) is 0 Å². The first-order chi connectivity index (χ1) is 8.13. The Hall–Kier alpha value is -0.390. The Kier molecular flexibility index (Phi) is 6.16. The molecule has 1 aromatic heterocycles. The number of halogens is 1. The molecule has 0 radical (unpaired) electrons. The Morgan fingerprint density at radius 2 is 2.18 bits per heavy atom. The summed E-state index contributed by atoms with van der Waals surface area (Å²) in [6, 6.07) is 0.395. The third-order valence-corrected chi connectivity index (χ3v) is 3.84. The minimum Gasteiger partial charge on any atom is -0.383 e. The molecule has 98 valence electrons. The maximum atomic E-state index is 5.17. The van der Waals surface area contributed by atoms with Gasteiger partial charge < -0.3 is 10.1 Å². The van der Waals surface area contributed by atoms with Crippen LogP contribution in [0.2, 0.25) is 0 Å². The van der Waals surface area contributed by atoms with Gasteiger partial charge in [0.25, 0.3) is 0 Å². The summed E-state index contributed by atoms with van der Waals surface area (Å²) in [4.78, 5) is 0. The lowest BCUT2D eigenvalue weighted by Crippen LogP contribution is -2.32. The second-order valence-electron chi connectivity index (χ2n) is 4.13. The van der Waals surface area contributed by atoms with Gasteiger partial charge in [0.05, 0.1) is 22.5 Å². The van der Waals surface area contributed by atoms with Crippen LogP contribution in [-0.4, -0.2) is 29.5 Å². The SMILES string of the molecule is CCc1nn(C)c(CNC(CC)COC)c1Br. The first-order valence-corrected chi connectivity index (χ1v) is 6.85. The van der Waals surface area contributed by atoms with Crippen LogP contribution in [0.1, 0.15) is 31.7 Å². The first kappa shape index (κ1) is 14.7. The van der Waals surface area contributed by atoms with Crippen LogP contribution in [0, 0.1) is 0 Å². The summed E-state index contributed by atoms with van der Waals surface area (Å²) in [5.41, 5.74) is 2.31. The number of rotatable bonds is 7. The molecule has 4 nitrogen and oxygen atoms in total. The molecular formula is C12H22BrN3O. The van der Waals surface area contributed by atoms with Gasteiger partial charge in [-0.3, -0.25) is 4.68 Å². The van der Waals surface area contributed by atoms with E-state index in [9.17, 15) is 0 Å². The molecule has 0 spiro atoms. The first-order valence-electron chi connectivity index (χ1n) is 6.06. The van der Waals surface area contributed by atoms with Gasteiger partial charge >= 0.3 is 0 Å². The standard InChI is InChI=1S/C12H22BrN3O/c1-5-9(8-17-4)14-7-11-12(13)10(6-2)15-16(11)3/h9,14H,5-8H2,1-4H3. The van der Waals surface area contributed by atoms with Gasteiger partial charge in [-0.05, 0) is 28.8 Å². The van der Waals surface area contributed by atoms with E-state index in [4.69, 9.17) is 4.74 Å². The van der Waals surface area contributed by atoms with Gasteiger partial charge in [0.1, 0.15) is 0 Å². The molecule has 0 amide bonds. The fourth-order valence-electron chi connectivity index (χ4n) is 1.78. The van der Waals surface area contributed by atoms with Gasteiger partial charge in [-0.2, -0.15) is 5.10 Å². The minimum absolute atomic E-state index is 0.395. The van der Waals surface area contributed by atoms with Crippen molar-refractivity contribution < 1.29 is 4.74 Å². The van der Waals surface area contributed by atoms with Gasteiger partial charge in [-0.15, -0.1) is 0 Å². The van der Waals surface area contributed by atoms with Crippen LogP contribution in [0.5, 0.6) is 0 Å². The molecule has 0 aliphatic heterocycles. The van der Waals surface area contributed by atoms with Crippen molar-refractivity contribution in [1.29, 1.82) is 0 Å². The largest absolute Gasteiger partial charge is 0.383 e. The fraction of sp³-hybridized carbons (Fsp3) is 0.750. The van der Waals surface area contributed by atoms with Crippen molar-refractivity contribution in [3.8, 4) is 0 Å². The average molecular weight is 304 g/mol. The molecule has 0 aromatic carbocycles. The van der Waals surface area contributed by atoms with E-state index in [2.05, 4.69) is 40.2 Å². The normalized spacial score (nSPS) is 13.0. The molecule has 0 bridgehead atoms. The van der Waals surface area contributed by atoms with Gasteiger partial charge in [0.2, 0.25) is 0 Å². The number of nitrogens with one attached hydrogen (secondary N) is 1. The van der Waals surface area contributed by atoms with E-state index >= 15 is 0 Å². The van der Waals surface area contributed by atoms with E-state index in [0.717, 1.165) is 36.2 Å². The molecule has 17 heavy (non-hydrogen) atoms. The van der Waals surface area contributed by atoms with Crippen LogP contribution in [0.4, 0.5) is 0 Å². The Balaban J connectivity index is 2.65. The van der Waals surface area contributed by atoms with Crippen molar-refractivity contribution in [2.45, 2.75) is 39.3 Å².